The van der Waals surface area contributed by atoms with Crippen LogP contribution in [0.3, 0.4) is 0 Å². The average molecular weight is 227 g/mol. The van der Waals surface area contributed by atoms with E-state index in [-0.39, 0.29) is 12.2 Å². The molecule has 0 amide bonds. The molecule has 4 heteroatoms. The van der Waals surface area contributed by atoms with E-state index < -0.39 is 5.97 Å². The van der Waals surface area contributed by atoms with Crippen LogP contribution in [0.25, 0.3) is 0 Å². The lowest BCUT2D eigenvalue weighted by Gasteiger charge is -2.51. The Morgan fingerprint density at radius 3 is 2.56 bits per heavy atom. The molecule has 0 aromatic rings. The van der Waals surface area contributed by atoms with Crippen LogP contribution in [0.5, 0.6) is 0 Å². The number of carbonyl (C=O) groups is 1. The van der Waals surface area contributed by atoms with E-state index in [1.807, 2.05) is 6.92 Å². The molecule has 0 aromatic heterocycles. The van der Waals surface area contributed by atoms with E-state index in [9.17, 15) is 4.79 Å². The molecule has 1 heterocycles. The minimum absolute atomic E-state index is 0.172. The van der Waals surface area contributed by atoms with Gasteiger partial charge in [0.05, 0.1) is 5.60 Å². The van der Waals surface area contributed by atoms with Crippen LogP contribution in [0, 0.1) is 0 Å². The van der Waals surface area contributed by atoms with Crippen LogP contribution in [0.15, 0.2) is 0 Å². The van der Waals surface area contributed by atoms with Gasteiger partial charge in [-0.1, -0.05) is 19.3 Å². The van der Waals surface area contributed by atoms with Crippen molar-refractivity contribution in [1.82, 2.24) is 4.90 Å². The number of likely N-dealkylation sites (tertiary alicyclic amines) is 1. The molecule has 1 aliphatic carbocycles. The first-order chi connectivity index (χ1) is 7.59. The van der Waals surface area contributed by atoms with Gasteiger partial charge in [0.2, 0.25) is 0 Å². The quantitative estimate of drug-likeness (QED) is 0.790. The van der Waals surface area contributed by atoms with Gasteiger partial charge in [0, 0.05) is 19.1 Å². The molecule has 2 fully saturated rings. The van der Waals surface area contributed by atoms with Gasteiger partial charge >= 0.3 is 5.97 Å². The normalized spacial score (nSPS) is 26.3. The highest BCUT2D eigenvalue weighted by Crippen LogP contribution is 2.32. The summed E-state index contributed by atoms with van der Waals surface area (Å²) in [6.45, 7) is 3.63. The molecule has 1 saturated heterocycles. The molecular formula is C12H21NO3. The molecule has 0 bridgehead atoms. The van der Waals surface area contributed by atoms with Crippen LogP contribution in [0.1, 0.15) is 39.0 Å². The summed E-state index contributed by atoms with van der Waals surface area (Å²) in [6, 6.07) is 0.718. The molecule has 0 atom stereocenters. The maximum atomic E-state index is 10.4. The zero-order chi connectivity index (χ0) is 11.6. The summed E-state index contributed by atoms with van der Waals surface area (Å²) in [6.07, 6.45) is 6.66. The minimum atomic E-state index is -0.877. The molecule has 0 radical (unpaired) electrons. The Hall–Kier alpha value is -0.610. The first kappa shape index (κ1) is 11.9. The molecule has 2 rings (SSSR count). The Morgan fingerprint density at radius 1 is 1.38 bits per heavy atom. The Bertz CT molecular complexity index is 255. The highest BCUT2D eigenvalue weighted by molar-refractivity contribution is 5.68. The van der Waals surface area contributed by atoms with Crippen molar-refractivity contribution in [2.75, 3.05) is 19.7 Å². The zero-order valence-electron chi connectivity index (χ0n) is 9.95. The van der Waals surface area contributed by atoms with Gasteiger partial charge in [0.15, 0.2) is 0 Å². The summed E-state index contributed by atoms with van der Waals surface area (Å²) < 4.78 is 5.41. The fourth-order valence-corrected chi connectivity index (χ4v) is 2.84. The molecule has 1 saturated carbocycles. The summed E-state index contributed by atoms with van der Waals surface area (Å²) in [7, 11) is 0. The molecule has 0 unspecified atom stereocenters. The molecule has 4 nitrogen and oxygen atoms in total. The zero-order valence-corrected chi connectivity index (χ0v) is 9.95. The topological polar surface area (TPSA) is 49.8 Å². The van der Waals surface area contributed by atoms with Crippen LogP contribution >= 0.6 is 0 Å². The predicted molar refractivity (Wildman–Crippen MR) is 60.4 cm³/mol. The summed E-state index contributed by atoms with van der Waals surface area (Å²) in [5.74, 6) is -0.877. The van der Waals surface area contributed by atoms with Crippen molar-refractivity contribution in [3.8, 4) is 0 Å². The van der Waals surface area contributed by atoms with Gasteiger partial charge in [-0.3, -0.25) is 4.90 Å². The first-order valence-corrected chi connectivity index (χ1v) is 6.19. The summed E-state index contributed by atoms with van der Waals surface area (Å²) in [5.41, 5.74) is -0.226. The number of hydrogen-bond acceptors (Lipinski definition) is 3. The Kier molecular flexibility index (Phi) is 3.50. The molecule has 2 aliphatic rings. The molecule has 16 heavy (non-hydrogen) atoms. The standard InChI is InChI=1S/C12H21NO3/c1-12(16-7-11(14)15)8-13(9-12)10-5-3-2-4-6-10/h10H,2-9H2,1H3,(H,14,15). The molecule has 0 spiro atoms. The smallest absolute Gasteiger partial charge is 0.329 e. The average Bonchev–Trinajstić information content (AvgIpc) is 2.24. The van der Waals surface area contributed by atoms with E-state index in [1.165, 1.54) is 32.1 Å². The van der Waals surface area contributed by atoms with Gasteiger partial charge in [-0.2, -0.15) is 0 Å². The number of carboxylic acid groups (broad SMARTS) is 1. The summed E-state index contributed by atoms with van der Waals surface area (Å²) in [5, 5.41) is 8.57. The third-order valence-corrected chi connectivity index (χ3v) is 3.71. The third kappa shape index (κ3) is 2.74. The van der Waals surface area contributed by atoms with E-state index in [0.717, 1.165) is 19.1 Å². The van der Waals surface area contributed by atoms with Crippen molar-refractivity contribution in [1.29, 1.82) is 0 Å². The van der Waals surface area contributed by atoms with Crippen molar-refractivity contribution >= 4 is 5.97 Å². The Balaban J connectivity index is 1.72. The molecule has 92 valence electrons. The Morgan fingerprint density at radius 2 is 2.00 bits per heavy atom. The van der Waals surface area contributed by atoms with E-state index in [0.29, 0.717) is 0 Å². The van der Waals surface area contributed by atoms with Crippen LogP contribution < -0.4 is 0 Å². The van der Waals surface area contributed by atoms with Gasteiger partial charge in [0.1, 0.15) is 6.61 Å². The second-order valence-electron chi connectivity index (χ2n) is 5.33. The summed E-state index contributed by atoms with van der Waals surface area (Å²) in [4.78, 5) is 12.9. The van der Waals surface area contributed by atoms with Crippen LogP contribution in [0.4, 0.5) is 0 Å². The van der Waals surface area contributed by atoms with E-state index in [1.54, 1.807) is 0 Å². The van der Waals surface area contributed by atoms with Gasteiger partial charge in [-0.15, -0.1) is 0 Å². The number of carboxylic acids is 1. The molecule has 0 aromatic carbocycles. The predicted octanol–water partition coefficient (Wildman–Crippen LogP) is 1.49. The molecular weight excluding hydrogens is 206 g/mol. The van der Waals surface area contributed by atoms with Gasteiger partial charge in [-0.25, -0.2) is 4.79 Å². The second-order valence-corrected chi connectivity index (χ2v) is 5.33. The number of hydrogen-bond donors (Lipinski definition) is 1. The largest absolute Gasteiger partial charge is 0.480 e. The maximum absolute atomic E-state index is 10.4. The highest BCUT2D eigenvalue weighted by atomic mass is 16.5. The maximum Gasteiger partial charge on any atom is 0.329 e. The summed E-state index contributed by atoms with van der Waals surface area (Å²) >= 11 is 0. The van der Waals surface area contributed by atoms with Crippen molar-refractivity contribution in [3.05, 3.63) is 0 Å². The van der Waals surface area contributed by atoms with E-state index >= 15 is 0 Å². The van der Waals surface area contributed by atoms with Crippen LogP contribution in [0.2, 0.25) is 0 Å². The van der Waals surface area contributed by atoms with Crippen molar-refractivity contribution < 1.29 is 14.6 Å². The van der Waals surface area contributed by atoms with Gasteiger partial charge in [-0.05, 0) is 19.8 Å². The third-order valence-electron chi connectivity index (χ3n) is 3.71. The molecule has 1 aliphatic heterocycles. The number of rotatable bonds is 4. The lowest BCUT2D eigenvalue weighted by Crippen LogP contribution is -2.64. The van der Waals surface area contributed by atoms with Crippen molar-refractivity contribution in [2.24, 2.45) is 0 Å². The number of ether oxygens (including phenoxy) is 1. The SMILES string of the molecule is CC1(OCC(=O)O)CN(C2CCCCC2)C1. The number of aliphatic carboxylic acids is 1. The monoisotopic (exact) mass is 227 g/mol. The lowest BCUT2D eigenvalue weighted by atomic mass is 9.87. The number of nitrogens with zero attached hydrogens (tertiary/aromatic N) is 1. The minimum Gasteiger partial charge on any atom is -0.480 e. The van der Waals surface area contributed by atoms with Crippen LogP contribution in [-0.2, 0) is 9.53 Å². The van der Waals surface area contributed by atoms with Crippen LogP contribution in [-0.4, -0.2) is 47.3 Å². The van der Waals surface area contributed by atoms with Gasteiger partial charge in [0.25, 0.3) is 0 Å². The van der Waals surface area contributed by atoms with E-state index in [2.05, 4.69) is 4.90 Å². The van der Waals surface area contributed by atoms with Crippen molar-refractivity contribution in [2.45, 2.75) is 50.7 Å². The Labute approximate surface area is 96.6 Å². The fourth-order valence-electron chi connectivity index (χ4n) is 2.84. The van der Waals surface area contributed by atoms with Crippen molar-refractivity contribution in [3.63, 3.8) is 0 Å². The highest BCUT2D eigenvalue weighted by Gasteiger charge is 2.43. The first-order valence-electron chi connectivity index (χ1n) is 6.19. The second kappa shape index (κ2) is 4.72. The fraction of sp³-hybridized carbons (Fsp3) is 0.917. The lowest BCUT2D eigenvalue weighted by molar-refractivity contribution is -0.170. The van der Waals surface area contributed by atoms with Gasteiger partial charge < -0.3 is 9.84 Å². The van der Waals surface area contributed by atoms with E-state index in [4.69, 9.17) is 9.84 Å². The molecule has 1 N–H and O–H groups in total.